The molecule has 1 aliphatic rings. The summed E-state index contributed by atoms with van der Waals surface area (Å²) in [7, 11) is 0. The molecular formula is C6H12N2O. The molecule has 0 fully saturated rings. The summed E-state index contributed by atoms with van der Waals surface area (Å²) >= 11 is 0. The van der Waals surface area contributed by atoms with Crippen LogP contribution in [0.1, 0.15) is 13.3 Å². The van der Waals surface area contributed by atoms with Crippen LogP contribution in [0.25, 0.3) is 0 Å². The predicted octanol–water partition coefficient (Wildman–Crippen LogP) is -0.241. The molecule has 0 bridgehead atoms. The highest BCUT2D eigenvalue weighted by atomic mass is 16.3. The molecule has 3 heteroatoms. The van der Waals surface area contributed by atoms with Gasteiger partial charge >= 0.3 is 0 Å². The van der Waals surface area contributed by atoms with Crippen LogP contribution in [0.15, 0.2) is 4.99 Å². The van der Waals surface area contributed by atoms with E-state index in [1.807, 2.05) is 0 Å². The Kier molecular flexibility index (Phi) is 2.05. The third-order valence-corrected chi connectivity index (χ3v) is 1.23. The Hall–Kier alpha value is -0.570. The second kappa shape index (κ2) is 2.82. The summed E-state index contributed by atoms with van der Waals surface area (Å²) < 4.78 is 0. The standard InChI is InChI=1S/C6H12N2O/c1-5(9)4-6-7-2-3-8-6/h5,9H,2-4H2,1H3,(H,7,8). The molecule has 1 heterocycles. The molecule has 0 radical (unpaired) electrons. The third-order valence-electron chi connectivity index (χ3n) is 1.23. The minimum absolute atomic E-state index is 0.269. The normalized spacial score (nSPS) is 20.9. The SMILES string of the molecule is CC(O)CC1=NCCN1. The number of rotatable bonds is 2. The zero-order valence-corrected chi connectivity index (χ0v) is 5.59. The van der Waals surface area contributed by atoms with E-state index in [0.29, 0.717) is 6.42 Å². The molecule has 1 atom stereocenters. The van der Waals surface area contributed by atoms with Crippen molar-refractivity contribution in [3.63, 3.8) is 0 Å². The highest BCUT2D eigenvalue weighted by Crippen LogP contribution is 1.94. The van der Waals surface area contributed by atoms with Crippen LogP contribution in [0.2, 0.25) is 0 Å². The van der Waals surface area contributed by atoms with Crippen molar-refractivity contribution in [3.8, 4) is 0 Å². The van der Waals surface area contributed by atoms with Gasteiger partial charge in [0.15, 0.2) is 0 Å². The van der Waals surface area contributed by atoms with Crippen molar-refractivity contribution >= 4 is 5.84 Å². The summed E-state index contributed by atoms with van der Waals surface area (Å²) in [5.74, 6) is 0.949. The lowest BCUT2D eigenvalue weighted by Crippen LogP contribution is -2.22. The molecule has 0 aromatic heterocycles. The molecule has 1 rings (SSSR count). The minimum Gasteiger partial charge on any atom is -0.393 e. The summed E-state index contributed by atoms with van der Waals surface area (Å²) in [6.45, 7) is 3.56. The van der Waals surface area contributed by atoms with Crippen LogP contribution >= 0.6 is 0 Å². The second-order valence-corrected chi connectivity index (χ2v) is 2.31. The predicted molar refractivity (Wildman–Crippen MR) is 36.6 cm³/mol. The van der Waals surface area contributed by atoms with Crippen LogP contribution in [0, 0.1) is 0 Å². The lowest BCUT2D eigenvalue weighted by molar-refractivity contribution is 0.202. The molecule has 1 aliphatic heterocycles. The second-order valence-electron chi connectivity index (χ2n) is 2.31. The van der Waals surface area contributed by atoms with Crippen molar-refractivity contribution < 1.29 is 5.11 Å². The Labute approximate surface area is 54.8 Å². The van der Waals surface area contributed by atoms with Gasteiger partial charge in [0.1, 0.15) is 0 Å². The Morgan fingerprint density at radius 1 is 1.89 bits per heavy atom. The summed E-state index contributed by atoms with van der Waals surface area (Å²) in [5.41, 5.74) is 0. The van der Waals surface area contributed by atoms with E-state index in [0.717, 1.165) is 18.9 Å². The van der Waals surface area contributed by atoms with E-state index in [2.05, 4.69) is 10.3 Å². The monoisotopic (exact) mass is 128 g/mol. The molecular weight excluding hydrogens is 116 g/mol. The summed E-state index contributed by atoms with van der Waals surface area (Å²) in [5, 5.41) is 12.0. The summed E-state index contributed by atoms with van der Waals surface area (Å²) in [6, 6.07) is 0. The van der Waals surface area contributed by atoms with Gasteiger partial charge in [-0.2, -0.15) is 0 Å². The largest absolute Gasteiger partial charge is 0.393 e. The number of hydrogen-bond acceptors (Lipinski definition) is 3. The Balaban J connectivity index is 2.26. The highest BCUT2D eigenvalue weighted by Gasteiger charge is 2.06. The third kappa shape index (κ3) is 2.01. The van der Waals surface area contributed by atoms with Crippen molar-refractivity contribution in [3.05, 3.63) is 0 Å². The lowest BCUT2D eigenvalue weighted by atomic mass is 10.3. The zero-order chi connectivity index (χ0) is 6.69. The van der Waals surface area contributed by atoms with Gasteiger partial charge in [0.2, 0.25) is 0 Å². The fourth-order valence-electron chi connectivity index (χ4n) is 0.863. The van der Waals surface area contributed by atoms with Gasteiger partial charge < -0.3 is 10.4 Å². The first-order chi connectivity index (χ1) is 4.29. The van der Waals surface area contributed by atoms with Crippen LogP contribution in [0.4, 0.5) is 0 Å². The number of hydrogen-bond donors (Lipinski definition) is 2. The molecule has 0 aromatic rings. The van der Waals surface area contributed by atoms with Gasteiger partial charge in [0, 0.05) is 13.0 Å². The average Bonchev–Trinajstić information content (AvgIpc) is 2.15. The summed E-state index contributed by atoms with van der Waals surface area (Å²) in [4.78, 5) is 4.12. The zero-order valence-electron chi connectivity index (χ0n) is 5.59. The molecule has 0 aromatic carbocycles. The first-order valence-corrected chi connectivity index (χ1v) is 3.24. The lowest BCUT2D eigenvalue weighted by Gasteiger charge is -2.02. The molecule has 9 heavy (non-hydrogen) atoms. The molecule has 0 spiro atoms. The van der Waals surface area contributed by atoms with Crippen LogP contribution in [-0.4, -0.2) is 30.1 Å². The van der Waals surface area contributed by atoms with E-state index >= 15 is 0 Å². The van der Waals surface area contributed by atoms with Gasteiger partial charge in [-0.15, -0.1) is 0 Å². The van der Waals surface area contributed by atoms with Crippen LogP contribution < -0.4 is 5.32 Å². The first kappa shape index (κ1) is 6.55. The molecule has 0 saturated carbocycles. The molecule has 52 valence electrons. The molecule has 1 unspecified atom stereocenters. The van der Waals surface area contributed by atoms with Gasteiger partial charge in [-0.3, -0.25) is 4.99 Å². The number of aliphatic hydroxyl groups excluding tert-OH is 1. The highest BCUT2D eigenvalue weighted by molar-refractivity contribution is 5.83. The van der Waals surface area contributed by atoms with E-state index in [9.17, 15) is 0 Å². The Bertz CT molecular complexity index is 120. The van der Waals surface area contributed by atoms with Crippen LogP contribution in [-0.2, 0) is 0 Å². The van der Waals surface area contributed by atoms with Gasteiger partial charge in [0.05, 0.1) is 18.5 Å². The molecule has 0 aliphatic carbocycles. The fourth-order valence-corrected chi connectivity index (χ4v) is 0.863. The number of nitrogens with one attached hydrogen (secondary N) is 1. The molecule has 2 N–H and O–H groups in total. The van der Waals surface area contributed by atoms with Crippen molar-refractivity contribution in [2.75, 3.05) is 13.1 Å². The van der Waals surface area contributed by atoms with Gasteiger partial charge in [-0.05, 0) is 6.92 Å². The van der Waals surface area contributed by atoms with E-state index in [4.69, 9.17) is 5.11 Å². The minimum atomic E-state index is -0.269. The van der Waals surface area contributed by atoms with Crippen molar-refractivity contribution in [2.24, 2.45) is 4.99 Å². The maximum absolute atomic E-state index is 8.89. The topological polar surface area (TPSA) is 44.6 Å². The van der Waals surface area contributed by atoms with E-state index in [1.54, 1.807) is 6.92 Å². The van der Waals surface area contributed by atoms with Gasteiger partial charge in [-0.25, -0.2) is 0 Å². The van der Waals surface area contributed by atoms with E-state index < -0.39 is 0 Å². The number of aliphatic imine (C=N–C) groups is 1. The Morgan fingerprint density at radius 3 is 3.11 bits per heavy atom. The number of aliphatic hydroxyl groups is 1. The first-order valence-electron chi connectivity index (χ1n) is 3.24. The van der Waals surface area contributed by atoms with E-state index in [-0.39, 0.29) is 6.10 Å². The smallest absolute Gasteiger partial charge is 0.0990 e. The maximum Gasteiger partial charge on any atom is 0.0990 e. The van der Waals surface area contributed by atoms with Crippen molar-refractivity contribution in [1.29, 1.82) is 0 Å². The van der Waals surface area contributed by atoms with Gasteiger partial charge in [0.25, 0.3) is 0 Å². The van der Waals surface area contributed by atoms with Crippen LogP contribution in [0.5, 0.6) is 0 Å². The summed E-state index contributed by atoms with van der Waals surface area (Å²) in [6.07, 6.45) is 0.398. The average molecular weight is 128 g/mol. The van der Waals surface area contributed by atoms with Gasteiger partial charge in [-0.1, -0.05) is 0 Å². The molecule has 3 nitrogen and oxygen atoms in total. The van der Waals surface area contributed by atoms with Crippen molar-refractivity contribution in [1.82, 2.24) is 5.32 Å². The maximum atomic E-state index is 8.89. The number of nitrogens with zero attached hydrogens (tertiary/aromatic N) is 1. The Morgan fingerprint density at radius 2 is 2.67 bits per heavy atom. The quantitative estimate of drug-likeness (QED) is 0.539. The van der Waals surface area contributed by atoms with Crippen LogP contribution in [0.3, 0.4) is 0 Å². The van der Waals surface area contributed by atoms with E-state index in [1.165, 1.54) is 0 Å². The molecule has 0 amide bonds. The van der Waals surface area contributed by atoms with Crippen molar-refractivity contribution in [2.45, 2.75) is 19.4 Å². The fraction of sp³-hybridized carbons (Fsp3) is 0.833. The number of amidine groups is 1. The molecule has 0 saturated heterocycles.